The molecule has 12 nitrogen and oxygen atoms in total. The summed E-state index contributed by atoms with van der Waals surface area (Å²) in [5.74, 6) is -0.251. The third-order valence-corrected chi connectivity index (χ3v) is 8.22. The van der Waals surface area contributed by atoms with E-state index in [1.54, 1.807) is 32.9 Å². The predicted octanol–water partition coefficient (Wildman–Crippen LogP) is 3.47. The summed E-state index contributed by atoms with van der Waals surface area (Å²) < 4.78 is 11.7. The lowest BCUT2D eigenvalue weighted by molar-refractivity contribution is -0.145. The molecule has 0 aliphatic carbocycles. The van der Waals surface area contributed by atoms with E-state index in [1.807, 2.05) is 61.5 Å². The van der Waals surface area contributed by atoms with E-state index in [4.69, 9.17) is 14.6 Å². The molecule has 242 valence electrons. The number of benzene rings is 3. The second-order valence-corrected chi connectivity index (χ2v) is 11.5. The molecule has 2 fully saturated rings. The van der Waals surface area contributed by atoms with E-state index < -0.39 is 18.0 Å². The summed E-state index contributed by atoms with van der Waals surface area (Å²) in [5, 5.41) is 14.7. The van der Waals surface area contributed by atoms with Crippen LogP contribution in [0.3, 0.4) is 0 Å². The monoisotopic (exact) mass is 629 g/mol. The Morgan fingerprint density at radius 2 is 1.59 bits per heavy atom. The van der Waals surface area contributed by atoms with Crippen molar-refractivity contribution in [2.45, 2.75) is 31.9 Å². The van der Waals surface area contributed by atoms with Crippen LogP contribution in [-0.4, -0.2) is 102 Å². The number of carboxylic acids is 1. The number of carbonyl (C=O) groups is 4. The summed E-state index contributed by atoms with van der Waals surface area (Å²) >= 11 is 0. The van der Waals surface area contributed by atoms with Crippen LogP contribution < -0.4 is 20.1 Å². The number of carboxylic acid groups (broad SMARTS) is 1. The van der Waals surface area contributed by atoms with Gasteiger partial charge in [0, 0.05) is 38.3 Å². The van der Waals surface area contributed by atoms with Gasteiger partial charge in [0.05, 0.1) is 32.3 Å². The maximum absolute atomic E-state index is 13.8. The number of likely N-dealkylation sites (tertiary alicyclic amines) is 1. The van der Waals surface area contributed by atoms with Crippen LogP contribution in [0.5, 0.6) is 11.5 Å². The molecule has 2 aliphatic rings. The van der Waals surface area contributed by atoms with Gasteiger partial charge in [-0.15, -0.1) is 0 Å². The summed E-state index contributed by atoms with van der Waals surface area (Å²) in [6, 6.07) is 20.7. The summed E-state index contributed by atoms with van der Waals surface area (Å²) in [4.78, 5) is 56.5. The van der Waals surface area contributed by atoms with E-state index in [0.29, 0.717) is 61.0 Å². The third kappa shape index (κ3) is 8.13. The molecule has 2 saturated heterocycles. The fraction of sp³-hybridized carbons (Fsp3) is 0.353. The highest BCUT2D eigenvalue weighted by Gasteiger charge is 2.42. The molecule has 3 N–H and O–H groups in total. The van der Waals surface area contributed by atoms with E-state index >= 15 is 0 Å². The number of nitrogens with one attached hydrogen (secondary N) is 2. The molecule has 46 heavy (non-hydrogen) atoms. The van der Waals surface area contributed by atoms with Gasteiger partial charge in [0.25, 0.3) is 0 Å². The van der Waals surface area contributed by atoms with Gasteiger partial charge in [-0.1, -0.05) is 42.5 Å². The average molecular weight is 630 g/mol. The molecular formula is C34H39N5O7. The number of methoxy groups -OCH3 is 1. The van der Waals surface area contributed by atoms with Gasteiger partial charge in [0.15, 0.2) is 0 Å². The Kier molecular flexibility index (Phi) is 10.4. The Morgan fingerprint density at radius 3 is 2.28 bits per heavy atom. The Bertz CT molecular complexity index is 1560. The van der Waals surface area contributed by atoms with Crippen molar-refractivity contribution >= 4 is 35.2 Å². The molecule has 12 heteroatoms. The molecule has 4 amide bonds. The number of amides is 4. The number of carbonyl (C=O) groups excluding carboxylic acids is 3. The zero-order valence-corrected chi connectivity index (χ0v) is 26.0. The van der Waals surface area contributed by atoms with Crippen LogP contribution in [0.2, 0.25) is 0 Å². The van der Waals surface area contributed by atoms with Gasteiger partial charge in [-0.05, 0) is 48.4 Å². The number of aliphatic carboxylic acids is 1. The predicted molar refractivity (Wildman–Crippen MR) is 172 cm³/mol. The maximum Gasteiger partial charge on any atom is 0.323 e. The molecule has 3 aromatic carbocycles. The van der Waals surface area contributed by atoms with Crippen LogP contribution >= 0.6 is 0 Å². The normalized spacial score (nSPS) is 18.1. The van der Waals surface area contributed by atoms with Crippen molar-refractivity contribution in [1.29, 1.82) is 0 Å². The summed E-state index contributed by atoms with van der Waals surface area (Å²) in [6.45, 7) is 3.75. The minimum absolute atomic E-state index is 0.0142. The van der Waals surface area contributed by atoms with E-state index in [1.165, 1.54) is 7.11 Å². The molecule has 0 aromatic heterocycles. The number of rotatable bonds is 10. The number of para-hydroxylation sites is 2. The number of urea groups is 1. The van der Waals surface area contributed by atoms with Crippen LogP contribution in [-0.2, 0) is 20.8 Å². The average Bonchev–Trinajstić information content (AvgIpc) is 3.47. The minimum Gasteiger partial charge on any atom is -0.495 e. The first-order valence-electron chi connectivity index (χ1n) is 15.2. The molecule has 2 aliphatic heterocycles. The van der Waals surface area contributed by atoms with Crippen molar-refractivity contribution in [2.75, 3.05) is 57.0 Å². The lowest BCUT2D eigenvalue weighted by atomic mass is 10.1. The van der Waals surface area contributed by atoms with Gasteiger partial charge >= 0.3 is 12.0 Å². The highest BCUT2D eigenvalue weighted by atomic mass is 16.5. The smallest absolute Gasteiger partial charge is 0.323 e. The molecule has 0 saturated carbocycles. The number of hydrogen-bond donors (Lipinski definition) is 3. The summed E-state index contributed by atoms with van der Waals surface area (Å²) in [7, 11) is 1.49. The van der Waals surface area contributed by atoms with Crippen molar-refractivity contribution in [2.24, 2.45) is 0 Å². The molecule has 0 spiro atoms. The molecule has 3 aromatic rings. The van der Waals surface area contributed by atoms with Crippen molar-refractivity contribution in [3.05, 3.63) is 83.9 Å². The van der Waals surface area contributed by atoms with Crippen molar-refractivity contribution < 1.29 is 33.8 Å². The van der Waals surface area contributed by atoms with E-state index in [9.17, 15) is 19.2 Å². The third-order valence-electron chi connectivity index (χ3n) is 8.22. The number of anilines is 2. The minimum atomic E-state index is -0.903. The quantitative estimate of drug-likeness (QED) is 0.310. The molecular weight excluding hydrogens is 590 g/mol. The first kappa shape index (κ1) is 32.3. The van der Waals surface area contributed by atoms with Crippen LogP contribution in [0.15, 0.2) is 72.8 Å². The molecule has 5 rings (SSSR count). The van der Waals surface area contributed by atoms with Gasteiger partial charge < -0.3 is 35.0 Å². The van der Waals surface area contributed by atoms with Crippen LogP contribution in [0.1, 0.15) is 17.5 Å². The summed E-state index contributed by atoms with van der Waals surface area (Å²) in [5.41, 5.74) is 2.71. The first-order valence-corrected chi connectivity index (χ1v) is 15.2. The standard InChI is InChI=1S/C34H39N5O7/c1-23-8-6-7-11-27(23)35-34(44)36-28-13-12-24(18-30(28)45-2)19-31(40)39-21-26(46-25-9-4-3-5-10-25)20-29(39)33(43)38-16-14-37(15-17-38)22-32(41)42/h3-13,18,26,29H,14-17,19-22H2,1-2H3,(H,41,42)(H2,35,36,44)/t26-,29-/m0/s1. The number of aryl methyl sites for hydroxylation is 1. The number of ether oxygens (including phenoxy) is 2. The van der Waals surface area contributed by atoms with E-state index in [-0.39, 0.29) is 37.4 Å². The SMILES string of the molecule is COc1cc(CC(=O)N2C[C@@H](Oc3ccccc3)C[C@H]2C(=O)N2CCN(CC(=O)O)CC2)ccc1NC(=O)Nc1ccccc1C. The second kappa shape index (κ2) is 14.8. The molecule has 2 heterocycles. The van der Waals surface area contributed by atoms with Crippen LogP contribution in [0.25, 0.3) is 0 Å². The Labute approximate surface area is 267 Å². The first-order chi connectivity index (χ1) is 22.2. The van der Waals surface area contributed by atoms with Gasteiger partial charge in [-0.3, -0.25) is 19.3 Å². The Hall–Kier alpha value is -5.10. The van der Waals surface area contributed by atoms with E-state index in [2.05, 4.69) is 10.6 Å². The Balaban J connectivity index is 1.27. The number of nitrogens with zero attached hydrogens (tertiary/aromatic N) is 3. The fourth-order valence-corrected chi connectivity index (χ4v) is 5.83. The second-order valence-electron chi connectivity index (χ2n) is 11.5. The zero-order valence-electron chi connectivity index (χ0n) is 26.0. The summed E-state index contributed by atoms with van der Waals surface area (Å²) in [6.07, 6.45) is -0.0152. The molecule has 0 unspecified atom stereocenters. The van der Waals surface area contributed by atoms with Gasteiger partial charge in [0.2, 0.25) is 11.8 Å². The zero-order chi connectivity index (χ0) is 32.6. The lowest BCUT2D eigenvalue weighted by Gasteiger charge is -2.36. The molecule has 2 atom stereocenters. The largest absolute Gasteiger partial charge is 0.495 e. The number of hydrogen-bond acceptors (Lipinski definition) is 7. The lowest BCUT2D eigenvalue weighted by Crippen LogP contribution is -2.55. The topological polar surface area (TPSA) is 141 Å². The molecule has 0 radical (unpaired) electrons. The number of piperazine rings is 1. The van der Waals surface area contributed by atoms with Crippen molar-refractivity contribution in [3.8, 4) is 11.5 Å². The van der Waals surface area contributed by atoms with Gasteiger partial charge in [-0.25, -0.2) is 4.79 Å². The van der Waals surface area contributed by atoms with Gasteiger partial charge in [0.1, 0.15) is 23.6 Å². The van der Waals surface area contributed by atoms with Crippen LogP contribution in [0.4, 0.5) is 16.2 Å². The van der Waals surface area contributed by atoms with E-state index in [0.717, 1.165) is 5.56 Å². The van der Waals surface area contributed by atoms with Gasteiger partial charge in [-0.2, -0.15) is 0 Å². The van der Waals surface area contributed by atoms with Crippen molar-refractivity contribution in [1.82, 2.24) is 14.7 Å². The highest BCUT2D eigenvalue weighted by molar-refractivity contribution is 6.01. The maximum atomic E-state index is 13.8. The van der Waals surface area contributed by atoms with Crippen molar-refractivity contribution in [3.63, 3.8) is 0 Å². The Morgan fingerprint density at radius 1 is 0.891 bits per heavy atom. The van der Waals surface area contributed by atoms with Crippen LogP contribution in [0, 0.1) is 6.92 Å². The highest BCUT2D eigenvalue weighted by Crippen LogP contribution is 2.29. The molecule has 0 bridgehead atoms. The fourth-order valence-electron chi connectivity index (χ4n) is 5.83.